The molecule has 1 aliphatic rings. The monoisotopic (exact) mass is 309 g/mol. The molecule has 1 unspecified atom stereocenters. The number of benzene rings is 2. The van der Waals surface area contributed by atoms with Crippen molar-refractivity contribution < 1.29 is 9.47 Å². The first kappa shape index (κ1) is 13.4. The van der Waals surface area contributed by atoms with Gasteiger partial charge in [0.1, 0.15) is 18.5 Å². The van der Waals surface area contributed by atoms with Crippen LogP contribution in [0, 0.1) is 0 Å². The van der Waals surface area contributed by atoms with Crippen molar-refractivity contribution in [2.24, 2.45) is 0 Å². The topological polar surface area (TPSA) is 44.5 Å². The number of halogens is 2. The Morgan fingerprint density at radius 3 is 2.60 bits per heavy atom. The van der Waals surface area contributed by atoms with Crippen molar-refractivity contribution in [1.29, 1.82) is 0 Å². The van der Waals surface area contributed by atoms with E-state index in [0.717, 1.165) is 12.2 Å². The predicted octanol–water partition coefficient (Wildman–Crippen LogP) is 3.96. The Morgan fingerprint density at radius 1 is 1.20 bits per heavy atom. The highest BCUT2D eigenvalue weighted by molar-refractivity contribution is 6.37. The van der Waals surface area contributed by atoms with Crippen LogP contribution < -0.4 is 15.2 Å². The van der Waals surface area contributed by atoms with Gasteiger partial charge in [-0.25, -0.2) is 0 Å². The normalized spacial score (nSPS) is 16.6. The van der Waals surface area contributed by atoms with E-state index in [-0.39, 0.29) is 6.10 Å². The van der Waals surface area contributed by atoms with Crippen LogP contribution in [0.5, 0.6) is 11.5 Å². The molecule has 0 fully saturated rings. The smallest absolute Gasteiger partial charge is 0.156 e. The van der Waals surface area contributed by atoms with Crippen LogP contribution in [-0.4, -0.2) is 12.7 Å². The van der Waals surface area contributed by atoms with E-state index < -0.39 is 0 Å². The summed E-state index contributed by atoms with van der Waals surface area (Å²) >= 11 is 12.2. The van der Waals surface area contributed by atoms with Crippen molar-refractivity contribution in [3.8, 4) is 11.5 Å². The van der Waals surface area contributed by atoms with E-state index in [1.54, 1.807) is 12.1 Å². The number of nitrogen functional groups attached to an aromatic ring is 1. The molecule has 2 aromatic carbocycles. The molecule has 20 heavy (non-hydrogen) atoms. The lowest BCUT2D eigenvalue weighted by molar-refractivity contribution is 0.148. The van der Waals surface area contributed by atoms with Crippen LogP contribution in [0.3, 0.4) is 0 Å². The lowest BCUT2D eigenvalue weighted by Crippen LogP contribution is -2.22. The Bertz CT molecular complexity index is 598. The van der Waals surface area contributed by atoms with E-state index in [9.17, 15) is 0 Å². The number of para-hydroxylation sites is 1. The van der Waals surface area contributed by atoms with Gasteiger partial charge in [-0.2, -0.15) is 0 Å². The van der Waals surface area contributed by atoms with Crippen molar-refractivity contribution in [3.63, 3.8) is 0 Å². The number of hydrogen-bond donors (Lipinski definition) is 1. The molecule has 0 amide bonds. The maximum absolute atomic E-state index is 6.08. The Morgan fingerprint density at radius 2 is 1.90 bits per heavy atom. The van der Waals surface area contributed by atoms with E-state index in [1.807, 2.05) is 18.2 Å². The highest BCUT2D eigenvalue weighted by Gasteiger charge is 2.23. The average molecular weight is 310 g/mol. The van der Waals surface area contributed by atoms with Crippen molar-refractivity contribution in [3.05, 3.63) is 52.0 Å². The third-order valence-corrected chi connectivity index (χ3v) is 3.71. The summed E-state index contributed by atoms with van der Waals surface area (Å²) in [6.45, 7) is 0.387. The molecule has 2 aromatic rings. The van der Waals surface area contributed by atoms with Gasteiger partial charge in [0.15, 0.2) is 5.75 Å². The van der Waals surface area contributed by atoms with Crippen molar-refractivity contribution in [1.82, 2.24) is 0 Å². The third kappa shape index (κ3) is 2.65. The minimum Gasteiger partial charge on any atom is -0.487 e. The summed E-state index contributed by atoms with van der Waals surface area (Å²) in [6, 6.07) is 11.2. The van der Waals surface area contributed by atoms with E-state index in [2.05, 4.69) is 6.07 Å². The summed E-state index contributed by atoms with van der Waals surface area (Å²) in [7, 11) is 0. The molecule has 3 nitrogen and oxygen atoms in total. The summed E-state index contributed by atoms with van der Waals surface area (Å²) < 4.78 is 11.5. The molecular formula is C15H13Cl2NO2. The van der Waals surface area contributed by atoms with E-state index in [0.29, 0.717) is 28.1 Å². The fraction of sp³-hybridized carbons (Fsp3) is 0.200. The largest absolute Gasteiger partial charge is 0.487 e. The van der Waals surface area contributed by atoms with Crippen LogP contribution in [0.1, 0.15) is 5.56 Å². The number of rotatable bonds is 3. The molecule has 0 saturated heterocycles. The quantitative estimate of drug-likeness (QED) is 0.873. The number of nitrogens with two attached hydrogens (primary N) is 1. The summed E-state index contributed by atoms with van der Waals surface area (Å²) in [5.41, 5.74) is 7.36. The highest BCUT2D eigenvalue weighted by atomic mass is 35.5. The first-order valence-electron chi connectivity index (χ1n) is 6.25. The van der Waals surface area contributed by atoms with Gasteiger partial charge in [-0.15, -0.1) is 0 Å². The summed E-state index contributed by atoms with van der Waals surface area (Å²) in [5, 5.41) is 0.816. The van der Waals surface area contributed by atoms with Crippen molar-refractivity contribution in [2.45, 2.75) is 12.5 Å². The van der Waals surface area contributed by atoms with Gasteiger partial charge in [-0.3, -0.25) is 0 Å². The van der Waals surface area contributed by atoms with Gasteiger partial charge in [0.25, 0.3) is 0 Å². The van der Waals surface area contributed by atoms with E-state index in [1.165, 1.54) is 5.56 Å². The van der Waals surface area contributed by atoms with Gasteiger partial charge in [-0.05, 0) is 23.8 Å². The molecule has 5 heteroatoms. The van der Waals surface area contributed by atoms with Gasteiger partial charge >= 0.3 is 0 Å². The SMILES string of the molecule is Nc1cc(Cl)c(OCC2Cc3ccccc3O2)c(Cl)c1. The predicted molar refractivity (Wildman–Crippen MR) is 80.9 cm³/mol. The molecular weight excluding hydrogens is 297 g/mol. The molecule has 3 rings (SSSR count). The van der Waals surface area contributed by atoms with Crippen molar-refractivity contribution >= 4 is 28.9 Å². The van der Waals surface area contributed by atoms with Gasteiger partial charge in [-0.1, -0.05) is 41.4 Å². The standard InChI is InChI=1S/C15H13Cl2NO2/c16-12-6-10(18)7-13(17)15(12)19-8-11-5-9-3-1-2-4-14(9)20-11/h1-4,6-7,11H,5,8,18H2. The fourth-order valence-electron chi connectivity index (χ4n) is 2.24. The summed E-state index contributed by atoms with van der Waals surface area (Å²) in [5.74, 6) is 1.36. The molecule has 0 aliphatic carbocycles. The fourth-order valence-corrected chi connectivity index (χ4v) is 2.85. The van der Waals surface area contributed by atoms with Crippen LogP contribution in [-0.2, 0) is 6.42 Å². The van der Waals surface area contributed by atoms with Crippen molar-refractivity contribution in [2.75, 3.05) is 12.3 Å². The minimum atomic E-state index is -0.0305. The number of ether oxygens (including phenoxy) is 2. The second kappa shape index (κ2) is 5.43. The highest BCUT2D eigenvalue weighted by Crippen LogP contribution is 2.36. The second-order valence-corrected chi connectivity index (χ2v) is 5.49. The van der Waals surface area contributed by atoms with Crippen LogP contribution in [0.25, 0.3) is 0 Å². The maximum Gasteiger partial charge on any atom is 0.156 e. The Hall–Kier alpha value is -1.58. The summed E-state index contributed by atoms with van der Waals surface area (Å²) in [4.78, 5) is 0. The van der Waals surface area contributed by atoms with Crippen LogP contribution in [0.2, 0.25) is 10.0 Å². The van der Waals surface area contributed by atoms with Crippen LogP contribution in [0.4, 0.5) is 5.69 Å². The number of hydrogen-bond acceptors (Lipinski definition) is 3. The Kier molecular flexibility index (Phi) is 3.64. The first-order chi connectivity index (χ1) is 9.63. The average Bonchev–Trinajstić information content (AvgIpc) is 2.80. The second-order valence-electron chi connectivity index (χ2n) is 4.68. The molecule has 1 heterocycles. The zero-order valence-electron chi connectivity index (χ0n) is 10.6. The van der Waals surface area contributed by atoms with E-state index in [4.69, 9.17) is 38.4 Å². The molecule has 0 bridgehead atoms. The lowest BCUT2D eigenvalue weighted by atomic mass is 10.1. The third-order valence-electron chi connectivity index (χ3n) is 3.15. The van der Waals surface area contributed by atoms with Gasteiger partial charge in [0.2, 0.25) is 0 Å². The van der Waals surface area contributed by atoms with Gasteiger partial charge in [0, 0.05) is 12.1 Å². The first-order valence-corrected chi connectivity index (χ1v) is 7.01. The van der Waals surface area contributed by atoms with Gasteiger partial charge in [0.05, 0.1) is 10.0 Å². The van der Waals surface area contributed by atoms with Crippen LogP contribution in [0.15, 0.2) is 36.4 Å². The number of anilines is 1. The lowest BCUT2D eigenvalue weighted by Gasteiger charge is -2.14. The molecule has 0 radical (unpaired) electrons. The van der Waals surface area contributed by atoms with Gasteiger partial charge < -0.3 is 15.2 Å². The van der Waals surface area contributed by atoms with E-state index >= 15 is 0 Å². The zero-order chi connectivity index (χ0) is 14.1. The minimum absolute atomic E-state index is 0.0305. The molecule has 1 aliphatic heterocycles. The molecule has 0 saturated carbocycles. The molecule has 1 atom stereocenters. The Labute approximate surface area is 127 Å². The number of fused-ring (bicyclic) bond motifs is 1. The van der Waals surface area contributed by atoms with Crippen LogP contribution >= 0.6 is 23.2 Å². The molecule has 0 aromatic heterocycles. The molecule has 104 valence electrons. The maximum atomic E-state index is 6.08. The molecule has 2 N–H and O–H groups in total. The zero-order valence-corrected chi connectivity index (χ0v) is 12.1. The summed E-state index contributed by atoms with van der Waals surface area (Å²) in [6.07, 6.45) is 0.789. The Balaban J connectivity index is 1.67. The molecule has 0 spiro atoms.